The zero-order chi connectivity index (χ0) is 18.1. The number of benzene rings is 1. The maximum atomic E-state index is 12.1. The van der Waals surface area contributed by atoms with E-state index in [1.54, 1.807) is 7.11 Å². The highest BCUT2D eigenvalue weighted by Gasteiger charge is 2.23. The van der Waals surface area contributed by atoms with Crippen LogP contribution >= 0.6 is 11.8 Å². The molecule has 1 aliphatic heterocycles. The van der Waals surface area contributed by atoms with Crippen LogP contribution in [0.1, 0.15) is 30.9 Å². The van der Waals surface area contributed by atoms with Crippen LogP contribution < -0.4 is 15.8 Å². The standard InChI is InChI=1S/C18H27N3O3S/c1-24-15-6-4-14(5-7-15)16(21-9-2-3-10-21)12-20-18(23)8-11-25-13-17(19)22/h4-7,16H,2-3,8-13H2,1H3,(H2,19,22)(H,20,23). The first-order valence-corrected chi connectivity index (χ1v) is 9.76. The molecule has 2 rings (SSSR count). The predicted molar refractivity (Wildman–Crippen MR) is 101 cm³/mol. The summed E-state index contributed by atoms with van der Waals surface area (Å²) in [4.78, 5) is 25.2. The summed E-state index contributed by atoms with van der Waals surface area (Å²) in [6.07, 6.45) is 2.79. The van der Waals surface area contributed by atoms with Crippen LogP contribution in [0.4, 0.5) is 0 Å². The number of likely N-dealkylation sites (tertiary alicyclic amines) is 1. The largest absolute Gasteiger partial charge is 0.497 e. The van der Waals surface area contributed by atoms with E-state index in [9.17, 15) is 9.59 Å². The molecule has 0 aromatic heterocycles. The van der Waals surface area contributed by atoms with Crippen molar-refractivity contribution in [3.63, 3.8) is 0 Å². The van der Waals surface area contributed by atoms with E-state index in [1.807, 2.05) is 12.1 Å². The van der Waals surface area contributed by atoms with Crippen LogP contribution in [0.25, 0.3) is 0 Å². The molecule has 6 nitrogen and oxygen atoms in total. The van der Waals surface area contributed by atoms with Crippen molar-refractivity contribution < 1.29 is 14.3 Å². The van der Waals surface area contributed by atoms with E-state index in [-0.39, 0.29) is 23.6 Å². The minimum absolute atomic E-state index is 0.00896. The highest BCUT2D eigenvalue weighted by Crippen LogP contribution is 2.26. The molecule has 1 aromatic carbocycles. The van der Waals surface area contributed by atoms with E-state index in [2.05, 4.69) is 22.3 Å². The fourth-order valence-electron chi connectivity index (χ4n) is 2.97. The molecule has 2 amide bonds. The Balaban J connectivity index is 1.87. The third-order valence-corrected chi connectivity index (χ3v) is 5.27. The van der Waals surface area contributed by atoms with Crippen LogP contribution in [0.5, 0.6) is 5.75 Å². The molecule has 1 fully saturated rings. The summed E-state index contributed by atoms with van der Waals surface area (Å²) in [5.41, 5.74) is 6.27. The van der Waals surface area contributed by atoms with Gasteiger partial charge in [-0.25, -0.2) is 0 Å². The van der Waals surface area contributed by atoms with E-state index >= 15 is 0 Å². The van der Waals surface area contributed by atoms with Crippen LogP contribution in [0, 0.1) is 0 Å². The molecule has 1 aliphatic rings. The van der Waals surface area contributed by atoms with Gasteiger partial charge in [-0.05, 0) is 43.6 Å². The predicted octanol–water partition coefficient (Wildman–Crippen LogP) is 1.56. The lowest BCUT2D eigenvalue weighted by atomic mass is 10.1. The van der Waals surface area contributed by atoms with E-state index in [0.717, 1.165) is 18.8 Å². The van der Waals surface area contributed by atoms with E-state index in [4.69, 9.17) is 10.5 Å². The quantitative estimate of drug-likeness (QED) is 0.615. The third kappa shape index (κ3) is 6.59. The molecule has 0 radical (unpaired) electrons. The number of methoxy groups -OCH3 is 1. The Morgan fingerprint density at radius 1 is 1.28 bits per heavy atom. The number of rotatable bonds is 10. The second kappa shape index (κ2) is 10.3. The molecular formula is C18H27N3O3S. The summed E-state index contributed by atoms with van der Waals surface area (Å²) in [6, 6.07) is 8.23. The van der Waals surface area contributed by atoms with Crippen molar-refractivity contribution in [2.75, 3.05) is 38.2 Å². The highest BCUT2D eigenvalue weighted by atomic mass is 32.2. The number of hydrogen-bond acceptors (Lipinski definition) is 5. The van der Waals surface area contributed by atoms with Crippen molar-refractivity contribution in [2.24, 2.45) is 5.73 Å². The van der Waals surface area contributed by atoms with Crippen LogP contribution in [0.15, 0.2) is 24.3 Å². The smallest absolute Gasteiger partial charge is 0.227 e. The molecule has 1 atom stereocenters. The number of carbonyl (C=O) groups is 2. The minimum Gasteiger partial charge on any atom is -0.497 e. The summed E-state index contributed by atoms with van der Waals surface area (Å²) in [5, 5.41) is 3.03. The SMILES string of the molecule is COc1ccc(C(CNC(=O)CCSCC(N)=O)N2CCCC2)cc1. The number of nitrogens with one attached hydrogen (secondary N) is 1. The molecule has 0 bridgehead atoms. The molecule has 3 N–H and O–H groups in total. The normalized spacial score (nSPS) is 15.7. The average molecular weight is 365 g/mol. The molecule has 0 saturated carbocycles. The molecule has 138 valence electrons. The molecule has 0 spiro atoms. The van der Waals surface area contributed by atoms with E-state index in [1.165, 1.54) is 30.2 Å². The Kier molecular flexibility index (Phi) is 8.08. The van der Waals surface area contributed by atoms with Crippen molar-refractivity contribution >= 4 is 23.6 Å². The molecule has 1 unspecified atom stereocenters. The van der Waals surface area contributed by atoms with Gasteiger partial charge in [0.2, 0.25) is 11.8 Å². The number of primary amides is 1. The maximum Gasteiger partial charge on any atom is 0.227 e. The van der Waals surface area contributed by atoms with Crippen molar-refractivity contribution in [1.82, 2.24) is 10.2 Å². The number of hydrogen-bond donors (Lipinski definition) is 2. The highest BCUT2D eigenvalue weighted by molar-refractivity contribution is 7.99. The molecule has 1 heterocycles. The number of nitrogens with zero attached hydrogens (tertiary/aromatic N) is 1. The van der Waals surface area contributed by atoms with Crippen LogP contribution in [0.2, 0.25) is 0 Å². The summed E-state index contributed by atoms with van der Waals surface area (Å²) in [6.45, 7) is 2.70. The van der Waals surface area contributed by atoms with Crippen molar-refractivity contribution in [3.8, 4) is 5.75 Å². The zero-order valence-electron chi connectivity index (χ0n) is 14.7. The lowest BCUT2D eigenvalue weighted by molar-refractivity contribution is -0.121. The first kappa shape index (κ1) is 19.6. The molecule has 1 saturated heterocycles. The molecule has 7 heteroatoms. The Morgan fingerprint density at radius 3 is 2.56 bits per heavy atom. The number of carbonyl (C=O) groups excluding carboxylic acids is 2. The fraction of sp³-hybridized carbons (Fsp3) is 0.556. The van der Waals surface area contributed by atoms with Gasteiger partial charge >= 0.3 is 0 Å². The average Bonchev–Trinajstić information content (AvgIpc) is 3.13. The van der Waals surface area contributed by atoms with Crippen molar-refractivity contribution in [3.05, 3.63) is 29.8 Å². The van der Waals surface area contributed by atoms with Gasteiger partial charge in [-0.1, -0.05) is 12.1 Å². The second-order valence-corrected chi connectivity index (χ2v) is 7.21. The van der Waals surface area contributed by atoms with Gasteiger partial charge in [0.1, 0.15) is 5.75 Å². The van der Waals surface area contributed by atoms with E-state index < -0.39 is 0 Å². The van der Waals surface area contributed by atoms with Gasteiger partial charge < -0.3 is 15.8 Å². The van der Waals surface area contributed by atoms with Crippen LogP contribution in [-0.2, 0) is 9.59 Å². The summed E-state index contributed by atoms with van der Waals surface area (Å²) >= 11 is 1.39. The molecule has 25 heavy (non-hydrogen) atoms. The fourth-order valence-corrected chi connectivity index (χ4v) is 3.65. The first-order valence-electron chi connectivity index (χ1n) is 8.61. The van der Waals surface area contributed by atoms with Crippen LogP contribution in [-0.4, -0.2) is 55.0 Å². The summed E-state index contributed by atoms with van der Waals surface area (Å²) in [5.74, 6) is 1.36. The summed E-state index contributed by atoms with van der Waals surface area (Å²) in [7, 11) is 1.66. The first-order chi connectivity index (χ1) is 12.1. The molecule has 0 aliphatic carbocycles. The Hall–Kier alpha value is -1.73. The van der Waals surface area contributed by atoms with Gasteiger partial charge in [0.15, 0.2) is 0 Å². The van der Waals surface area contributed by atoms with Crippen molar-refractivity contribution in [2.45, 2.75) is 25.3 Å². The summed E-state index contributed by atoms with van der Waals surface area (Å²) < 4.78 is 5.23. The Morgan fingerprint density at radius 2 is 1.96 bits per heavy atom. The molecular weight excluding hydrogens is 338 g/mol. The van der Waals surface area contributed by atoms with Gasteiger partial charge in [0.25, 0.3) is 0 Å². The Labute approximate surface area is 153 Å². The van der Waals surface area contributed by atoms with E-state index in [0.29, 0.717) is 18.7 Å². The zero-order valence-corrected chi connectivity index (χ0v) is 15.5. The van der Waals surface area contributed by atoms with Gasteiger partial charge in [-0.3, -0.25) is 14.5 Å². The third-order valence-electron chi connectivity index (χ3n) is 4.29. The van der Waals surface area contributed by atoms with Crippen molar-refractivity contribution in [1.29, 1.82) is 0 Å². The van der Waals surface area contributed by atoms with Crippen LogP contribution in [0.3, 0.4) is 0 Å². The molecule has 1 aromatic rings. The minimum atomic E-state index is -0.348. The number of thioether (sulfide) groups is 1. The van der Waals surface area contributed by atoms with Gasteiger partial charge in [-0.2, -0.15) is 11.8 Å². The second-order valence-electron chi connectivity index (χ2n) is 6.11. The Bertz CT molecular complexity index is 559. The van der Waals surface area contributed by atoms with Gasteiger partial charge in [-0.15, -0.1) is 0 Å². The number of amides is 2. The number of nitrogens with two attached hydrogens (primary N) is 1. The van der Waals surface area contributed by atoms with Gasteiger partial charge in [0.05, 0.1) is 18.9 Å². The van der Waals surface area contributed by atoms with Gasteiger partial charge in [0, 0.05) is 18.7 Å². The lowest BCUT2D eigenvalue weighted by Crippen LogP contribution is -2.36. The maximum absolute atomic E-state index is 12.1. The topological polar surface area (TPSA) is 84.7 Å². The number of ether oxygens (including phenoxy) is 1. The monoisotopic (exact) mass is 365 g/mol. The lowest BCUT2D eigenvalue weighted by Gasteiger charge is -2.28.